The Morgan fingerprint density at radius 2 is 2.11 bits per heavy atom. The number of anilines is 1. The molecular formula is C11H7ClN2O4. The van der Waals surface area contributed by atoms with E-state index in [0.29, 0.717) is 10.7 Å². The molecule has 0 atom stereocenters. The Bertz CT molecular complexity index is 582. The Hall–Kier alpha value is -2.21. The molecule has 0 spiro atoms. The molecule has 1 heterocycles. The van der Waals surface area contributed by atoms with Gasteiger partial charge in [-0.25, -0.2) is 4.79 Å². The van der Waals surface area contributed by atoms with Gasteiger partial charge in [0.25, 0.3) is 5.91 Å². The summed E-state index contributed by atoms with van der Waals surface area (Å²) < 4.78 is 0. The lowest BCUT2D eigenvalue weighted by Gasteiger charge is -2.21. The van der Waals surface area contributed by atoms with E-state index in [2.05, 4.69) is 5.10 Å². The van der Waals surface area contributed by atoms with Gasteiger partial charge in [0.1, 0.15) is 0 Å². The van der Waals surface area contributed by atoms with Crippen LogP contribution in [0.1, 0.15) is 6.42 Å². The number of hydrogen-bond donors (Lipinski definition) is 1. The number of halogens is 1. The molecule has 0 saturated carbocycles. The number of carboxylic acid groups (broad SMARTS) is 1. The lowest BCUT2D eigenvalue weighted by molar-refractivity contribution is -0.131. The Morgan fingerprint density at radius 3 is 2.72 bits per heavy atom. The van der Waals surface area contributed by atoms with Crippen LogP contribution >= 0.6 is 11.6 Å². The molecule has 6 nitrogen and oxygen atoms in total. The van der Waals surface area contributed by atoms with Crippen molar-refractivity contribution < 1.29 is 19.5 Å². The van der Waals surface area contributed by atoms with Gasteiger partial charge in [0, 0.05) is 5.02 Å². The molecule has 1 aliphatic rings. The minimum absolute atomic E-state index is 0.318. The number of ketones is 1. The van der Waals surface area contributed by atoms with Crippen molar-refractivity contribution >= 4 is 40.7 Å². The van der Waals surface area contributed by atoms with E-state index < -0.39 is 29.8 Å². The van der Waals surface area contributed by atoms with Crippen LogP contribution in [0.25, 0.3) is 0 Å². The monoisotopic (exact) mass is 266 g/mol. The average molecular weight is 267 g/mol. The maximum atomic E-state index is 11.6. The molecule has 0 bridgehead atoms. The second-order valence-corrected chi connectivity index (χ2v) is 3.98. The van der Waals surface area contributed by atoms with E-state index in [0.717, 1.165) is 5.01 Å². The summed E-state index contributed by atoms with van der Waals surface area (Å²) >= 11 is 5.77. The second kappa shape index (κ2) is 4.58. The van der Waals surface area contributed by atoms with E-state index in [1.54, 1.807) is 18.2 Å². The van der Waals surface area contributed by atoms with Crippen LogP contribution in [-0.4, -0.2) is 28.5 Å². The van der Waals surface area contributed by atoms with E-state index in [9.17, 15) is 14.4 Å². The van der Waals surface area contributed by atoms with E-state index in [1.165, 1.54) is 6.07 Å². The van der Waals surface area contributed by atoms with Crippen LogP contribution < -0.4 is 5.01 Å². The Morgan fingerprint density at radius 1 is 1.39 bits per heavy atom. The minimum Gasteiger partial charge on any atom is -0.476 e. The molecule has 0 aromatic heterocycles. The first-order chi connectivity index (χ1) is 8.49. The van der Waals surface area contributed by atoms with Crippen molar-refractivity contribution in [3.8, 4) is 0 Å². The average Bonchev–Trinajstić information content (AvgIpc) is 2.28. The summed E-state index contributed by atoms with van der Waals surface area (Å²) in [4.78, 5) is 33.8. The van der Waals surface area contributed by atoms with Crippen LogP contribution in [0.3, 0.4) is 0 Å². The number of benzene rings is 1. The number of carbonyl (C=O) groups excluding carboxylic acids is 2. The molecule has 1 aliphatic heterocycles. The highest BCUT2D eigenvalue weighted by molar-refractivity contribution is 6.66. The van der Waals surface area contributed by atoms with E-state index in [1.807, 2.05) is 0 Å². The largest absolute Gasteiger partial charge is 0.476 e. The molecule has 1 amide bonds. The quantitative estimate of drug-likeness (QED) is 0.812. The number of hydrazone groups is 1. The third kappa shape index (κ3) is 2.23. The number of carboxylic acids is 1. The fourth-order valence-electron chi connectivity index (χ4n) is 1.48. The lowest BCUT2D eigenvalue weighted by Crippen LogP contribution is -2.40. The highest BCUT2D eigenvalue weighted by Crippen LogP contribution is 2.22. The molecule has 1 aromatic rings. The van der Waals surface area contributed by atoms with Crippen LogP contribution in [0, 0.1) is 0 Å². The number of rotatable bonds is 2. The third-order valence-electron chi connectivity index (χ3n) is 2.27. The molecule has 7 heteroatoms. The minimum atomic E-state index is -1.46. The maximum absolute atomic E-state index is 11.6. The molecule has 0 saturated heterocycles. The van der Waals surface area contributed by atoms with Gasteiger partial charge in [0.15, 0.2) is 5.78 Å². The Balaban J connectivity index is 2.46. The summed E-state index contributed by atoms with van der Waals surface area (Å²) in [5.74, 6) is -2.85. The predicted octanol–water partition coefficient (Wildman–Crippen LogP) is 1.09. The number of Topliss-reactive ketones (excluding diaryl/α,β-unsaturated/α-hetero) is 1. The zero-order chi connectivity index (χ0) is 13.3. The van der Waals surface area contributed by atoms with Crippen LogP contribution in [0.2, 0.25) is 5.02 Å². The molecule has 92 valence electrons. The Kier molecular flexibility index (Phi) is 3.12. The third-order valence-corrected chi connectivity index (χ3v) is 2.50. The molecule has 0 unspecified atom stereocenters. The zero-order valence-electron chi connectivity index (χ0n) is 8.96. The number of carbonyl (C=O) groups is 3. The van der Waals surface area contributed by atoms with Gasteiger partial charge in [-0.05, 0) is 18.2 Å². The first-order valence-electron chi connectivity index (χ1n) is 4.92. The standard InChI is InChI=1S/C11H7ClN2O4/c12-6-2-1-3-7(4-6)14-9(16)5-8(15)10(13-14)11(17)18/h1-4H,5H2,(H,17,18). The normalized spacial score (nSPS) is 15.6. The smallest absolute Gasteiger partial charge is 0.360 e. The van der Waals surface area contributed by atoms with Gasteiger partial charge in [-0.1, -0.05) is 17.7 Å². The first kappa shape index (κ1) is 12.3. The fraction of sp³-hybridized carbons (Fsp3) is 0.0909. The van der Waals surface area contributed by atoms with Gasteiger partial charge in [0.05, 0.1) is 12.1 Å². The SMILES string of the molecule is O=C(O)C1=NN(c2cccc(Cl)c2)C(=O)CC1=O. The summed E-state index contributed by atoms with van der Waals surface area (Å²) in [6.07, 6.45) is -0.516. The molecule has 0 aliphatic carbocycles. The summed E-state index contributed by atoms with van der Waals surface area (Å²) in [5, 5.41) is 13.6. The van der Waals surface area contributed by atoms with E-state index in [4.69, 9.17) is 16.7 Å². The molecule has 0 fully saturated rings. The van der Waals surface area contributed by atoms with Crippen LogP contribution in [0.15, 0.2) is 29.4 Å². The van der Waals surface area contributed by atoms with Crippen LogP contribution in [0.5, 0.6) is 0 Å². The lowest BCUT2D eigenvalue weighted by atomic mass is 10.1. The summed E-state index contributed by atoms with van der Waals surface area (Å²) in [5.41, 5.74) is -0.340. The van der Waals surface area contributed by atoms with Crippen molar-refractivity contribution in [3.63, 3.8) is 0 Å². The molecule has 1 aromatic carbocycles. The fourth-order valence-corrected chi connectivity index (χ4v) is 1.66. The van der Waals surface area contributed by atoms with Crippen molar-refractivity contribution in [2.24, 2.45) is 5.10 Å². The van der Waals surface area contributed by atoms with Gasteiger partial charge in [-0.15, -0.1) is 0 Å². The first-order valence-corrected chi connectivity index (χ1v) is 5.30. The highest BCUT2D eigenvalue weighted by Gasteiger charge is 2.32. The maximum Gasteiger partial charge on any atom is 0.360 e. The van der Waals surface area contributed by atoms with Gasteiger partial charge >= 0.3 is 5.97 Å². The number of nitrogens with zero attached hydrogens (tertiary/aromatic N) is 2. The molecular weight excluding hydrogens is 260 g/mol. The van der Waals surface area contributed by atoms with Crippen molar-refractivity contribution in [2.45, 2.75) is 6.42 Å². The van der Waals surface area contributed by atoms with Gasteiger partial charge in [0.2, 0.25) is 5.71 Å². The van der Waals surface area contributed by atoms with Crippen molar-refractivity contribution in [3.05, 3.63) is 29.3 Å². The number of aliphatic carboxylic acids is 1. The molecule has 2 rings (SSSR count). The predicted molar refractivity (Wildman–Crippen MR) is 63.6 cm³/mol. The zero-order valence-corrected chi connectivity index (χ0v) is 9.72. The number of amides is 1. The summed E-state index contributed by atoms with van der Waals surface area (Å²) in [6.45, 7) is 0. The summed E-state index contributed by atoms with van der Waals surface area (Å²) in [7, 11) is 0. The van der Waals surface area contributed by atoms with Gasteiger partial charge < -0.3 is 5.11 Å². The molecule has 18 heavy (non-hydrogen) atoms. The van der Waals surface area contributed by atoms with Gasteiger partial charge in [-0.2, -0.15) is 10.1 Å². The van der Waals surface area contributed by atoms with E-state index >= 15 is 0 Å². The molecule has 0 radical (unpaired) electrons. The van der Waals surface area contributed by atoms with Crippen molar-refractivity contribution in [1.29, 1.82) is 0 Å². The molecule has 1 N–H and O–H groups in total. The Labute approximate surface area is 106 Å². The van der Waals surface area contributed by atoms with Crippen molar-refractivity contribution in [2.75, 3.05) is 5.01 Å². The number of hydrogen-bond acceptors (Lipinski definition) is 4. The second-order valence-electron chi connectivity index (χ2n) is 3.54. The van der Waals surface area contributed by atoms with Crippen LogP contribution in [0.4, 0.5) is 5.69 Å². The topological polar surface area (TPSA) is 87.0 Å². The van der Waals surface area contributed by atoms with Crippen molar-refractivity contribution in [1.82, 2.24) is 0 Å². The summed E-state index contributed by atoms with van der Waals surface area (Å²) in [6, 6.07) is 6.20. The highest BCUT2D eigenvalue weighted by atomic mass is 35.5. The van der Waals surface area contributed by atoms with Gasteiger partial charge in [-0.3, -0.25) is 9.59 Å². The van der Waals surface area contributed by atoms with Crippen LogP contribution in [-0.2, 0) is 14.4 Å². The van der Waals surface area contributed by atoms with E-state index in [-0.39, 0.29) is 0 Å².